The Morgan fingerprint density at radius 1 is 1.53 bits per heavy atom. The topological polar surface area (TPSA) is 12.0 Å². The van der Waals surface area contributed by atoms with Crippen LogP contribution in [-0.2, 0) is 6.42 Å². The van der Waals surface area contributed by atoms with Crippen LogP contribution in [0.25, 0.3) is 0 Å². The van der Waals surface area contributed by atoms with Crippen molar-refractivity contribution in [2.75, 3.05) is 19.0 Å². The molecule has 1 rings (SSSR count). The molecule has 0 aliphatic rings. The van der Waals surface area contributed by atoms with Crippen molar-refractivity contribution in [2.24, 2.45) is 5.92 Å². The Kier molecular flexibility index (Phi) is 7.07. The van der Waals surface area contributed by atoms with Crippen LogP contribution in [0.2, 0.25) is 0 Å². The van der Waals surface area contributed by atoms with Gasteiger partial charge in [-0.15, -0.1) is 11.6 Å². The van der Waals surface area contributed by atoms with E-state index in [1.54, 1.807) is 11.3 Å². The maximum Gasteiger partial charge on any atom is 0.0226 e. The lowest BCUT2D eigenvalue weighted by atomic mass is 10.0. The van der Waals surface area contributed by atoms with E-state index in [-0.39, 0.29) is 0 Å². The van der Waals surface area contributed by atoms with Crippen LogP contribution in [0, 0.1) is 5.92 Å². The average molecular weight is 246 g/mol. The lowest BCUT2D eigenvalue weighted by molar-refractivity contribution is 0.454. The van der Waals surface area contributed by atoms with Gasteiger partial charge in [0.1, 0.15) is 0 Å². The summed E-state index contributed by atoms with van der Waals surface area (Å²) in [6.07, 6.45) is 3.49. The van der Waals surface area contributed by atoms with E-state index in [1.807, 2.05) is 0 Å². The largest absolute Gasteiger partial charge is 0.316 e. The van der Waals surface area contributed by atoms with Crippen LogP contribution >= 0.6 is 22.9 Å². The molecule has 0 saturated heterocycles. The minimum atomic E-state index is 0.741. The van der Waals surface area contributed by atoms with Gasteiger partial charge in [-0.25, -0.2) is 0 Å². The fraction of sp³-hybridized carbons (Fsp3) is 0.667. The van der Waals surface area contributed by atoms with Crippen molar-refractivity contribution >= 4 is 22.9 Å². The first-order valence-corrected chi connectivity index (χ1v) is 7.12. The molecule has 0 saturated carbocycles. The van der Waals surface area contributed by atoms with Gasteiger partial charge in [0, 0.05) is 5.88 Å². The van der Waals surface area contributed by atoms with Crippen LogP contribution in [0.1, 0.15) is 25.3 Å². The number of nitrogens with one attached hydrogen (secondary N) is 1. The summed E-state index contributed by atoms with van der Waals surface area (Å²) in [6.45, 7) is 4.42. The Morgan fingerprint density at radius 3 is 3.00 bits per heavy atom. The second kappa shape index (κ2) is 8.14. The molecule has 0 aliphatic carbocycles. The minimum Gasteiger partial charge on any atom is -0.316 e. The second-order valence-electron chi connectivity index (χ2n) is 3.84. The summed E-state index contributed by atoms with van der Waals surface area (Å²) < 4.78 is 0. The highest BCUT2D eigenvalue weighted by Gasteiger charge is 2.04. The van der Waals surface area contributed by atoms with Crippen molar-refractivity contribution in [3.63, 3.8) is 0 Å². The van der Waals surface area contributed by atoms with Crippen molar-refractivity contribution in [3.05, 3.63) is 22.4 Å². The number of alkyl halides is 1. The number of halogens is 1. The predicted molar refractivity (Wildman–Crippen MR) is 70.0 cm³/mol. The lowest BCUT2D eigenvalue weighted by Crippen LogP contribution is -2.24. The van der Waals surface area contributed by atoms with Gasteiger partial charge in [-0.3, -0.25) is 0 Å². The van der Waals surface area contributed by atoms with Crippen molar-refractivity contribution in [3.8, 4) is 0 Å². The van der Waals surface area contributed by atoms with Gasteiger partial charge in [0.2, 0.25) is 0 Å². The minimum absolute atomic E-state index is 0.741. The lowest BCUT2D eigenvalue weighted by Gasteiger charge is -2.13. The highest BCUT2D eigenvalue weighted by molar-refractivity contribution is 7.07. The summed E-state index contributed by atoms with van der Waals surface area (Å²) in [4.78, 5) is 0. The molecule has 1 nitrogen and oxygen atoms in total. The Bertz CT molecular complexity index is 236. The van der Waals surface area contributed by atoms with E-state index in [2.05, 4.69) is 29.1 Å². The molecule has 1 N–H and O–H groups in total. The highest BCUT2D eigenvalue weighted by atomic mass is 35.5. The van der Waals surface area contributed by atoms with Gasteiger partial charge in [0.05, 0.1) is 0 Å². The number of hydrogen-bond donors (Lipinski definition) is 1. The van der Waals surface area contributed by atoms with E-state index in [1.165, 1.54) is 12.0 Å². The molecule has 0 bridgehead atoms. The summed E-state index contributed by atoms with van der Waals surface area (Å²) in [5.74, 6) is 1.52. The SMILES string of the molecule is CCC(CCCl)CNCCc1ccsc1. The first-order valence-electron chi connectivity index (χ1n) is 5.64. The second-order valence-corrected chi connectivity index (χ2v) is 5.00. The van der Waals surface area contributed by atoms with Crippen LogP contribution in [-0.4, -0.2) is 19.0 Å². The molecule has 0 aliphatic heterocycles. The fourth-order valence-corrected chi connectivity index (χ4v) is 2.59. The van der Waals surface area contributed by atoms with Crippen molar-refractivity contribution in [1.29, 1.82) is 0 Å². The van der Waals surface area contributed by atoms with E-state index in [9.17, 15) is 0 Å². The Balaban J connectivity index is 2.05. The Morgan fingerprint density at radius 2 is 2.40 bits per heavy atom. The first kappa shape index (κ1) is 13.0. The van der Waals surface area contributed by atoms with E-state index in [4.69, 9.17) is 11.6 Å². The zero-order valence-corrected chi connectivity index (χ0v) is 10.9. The molecule has 86 valence electrons. The molecule has 1 aromatic rings. The number of thiophene rings is 1. The molecule has 1 atom stereocenters. The summed E-state index contributed by atoms with van der Waals surface area (Å²) in [5, 5.41) is 7.86. The maximum absolute atomic E-state index is 5.74. The monoisotopic (exact) mass is 245 g/mol. The first-order chi connectivity index (χ1) is 7.36. The van der Waals surface area contributed by atoms with Crippen molar-refractivity contribution in [2.45, 2.75) is 26.2 Å². The molecule has 0 spiro atoms. The normalized spacial score (nSPS) is 12.9. The van der Waals surface area contributed by atoms with Crippen LogP contribution in [0.15, 0.2) is 16.8 Å². The van der Waals surface area contributed by atoms with E-state index in [0.717, 1.165) is 37.7 Å². The molecular formula is C12H20ClNS. The van der Waals surface area contributed by atoms with Gasteiger partial charge in [-0.1, -0.05) is 13.3 Å². The van der Waals surface area contributed by atoms with E-state index >= 15 is 0 Å². The molecule has 0 amide bonds. The Labute approximate surface area is 102 Å². The molecule has 15 heavy (non-hydrogen) atoms. The molecular weight excluding hydrogens is 226 g/mol. The van der Waals surface area contributed by atoms with Crippen LogP contribution in [0.4, 0.5) is 0 Å². The van der Waals surface area contributed by atoms with Gasteiger partial charge >= 0.3 is 0 Å². The van der Waals surface area contributed by atoms with E-state index < -0.39 is 0 Å². The molecule has 1 aromatic heterocycles. The zero-order chi connectivity index (χ0) is 10.9. The summed E-state index contributed by atoms with van der Waals surface area (Å²) >= 11 is 7.51. The van der Waals surface area contributed by atoms with Crippen molar-refractivity contribution in [1.82, 2.24) is 5.32 Å². The van der Waals surface area contributed by atoms with Crippen LogP contribution < -0.4 is 5.32 Å². The molecule has 1 heterocycles. The highest BCUT2D eigenvalue weighted by Crippen LogP contribution is 2.08. The van der Waals surface area contributed by atoms with Gasteiger partial charge in [-0.05, 0) is 54.2 Å². The van der Waals surface area contributed by atoms with Gasteiger partial charge in [0.15, 0.2) is 0 Å². The molecule has 1 unspecified atom stereocenters. The van der Waals surface area contributed by atoms with Crippen LogP contribution in [0.5, 0.6) is 0 Å². The van der Waals surface area contributed by atoms with Crippen molar-refractivity contribution < 1.29 is 0 Å². The van der Waals surface area contributed by atoms with E-state index in [0.29, 0.717) is 0 Å². The third-order valence-corrected chi connectivity index (χ3v) is 3.65. The molecule has 0 radical (unpaired) electrons. The van der Waals surface area contributed by atoms with Gasteiger partial charge in [-0.2, -0.15) is 11.3 Å². The predicted octanol–water partition coefficient (Wildman–Crippen LogP) is 3.54. The van der Waals surface area contributed by atoms with Crippen LogP contribution in [0.3, 0.4) is 0 Å². The third-order valence-electron chi connectivity index (χ3n) is 2.70. The molecule has 0 fully saturated rings. The zero-order valence-electron chi connectivity index (χ0n) is 9.34. The Hall–Kier alpha value is -0.0500. The molecule has 3 heteroatoms. The van der Waals surface area contributed by atoms with Gasteiger partial charge in [0.25, 0.3) is 0 Å². The van der Waals surface area contributed by atoms with Gasteiger partial charge < -0.3 is 5.32 Å². The quantitative estimate of drug-likeness (QED) is 0.546. The number of rotatable bonds is 8. The third kappa shape index (κ3) is 5.55. The summed E-state index contributed by atoms with van der Waals surface area (Å²) in [7, 11) is 0. The molecule has 0 aromatic carbocycles. The fourth-order valence-electron chi connectivity index (χ4n) is 1.58. The smallest absolute Gasteiger partial charge is 0.0226 e. The number of hydrogen-bond acceptors (Lipinski definition) is 2. The summed E-state index contributed by atoms with van der Waals surface area (Å²) in [5.41, 5.74) is 1.44. The average Bonchev–Trinajstić information content (AvgIpc) is 2.75. The standard InChI is InChI=1S/C12H20ClNS/c1-2-11(3-6-13)9-14-7-4-12-5-8-15-10-12/h5,8,10-11,14H,2-4,6-7,9H2,1H3. The summed E-state index contributed by atoms with van der Waals surface area (Å²) in [6, 6.07) is 2.20. The maximum atomic E-state index is 5.74.